The van der Waals surface area contributed by atoms with Crippen LogP contribution in [0.15, 0.2) is 89.7 Å². The number of hydrogen-bond donors (Lipinski definition) is 1. The van der Waals surface area contributed by atoms with Crippen LogP contribution in [0.5, 0.6) is 5.75 Å². The van der Waals surface area contributed by atoms with E-state index in [4.69, 9.17) is 4.74 Å². The van der Waals surface area contributed by atoms with Gasteiger partial charge in [-0.15, -0.1) is 9.24 Å². The van der Waals surface area contributed by atoms with Gasteiger partial charge in [-0.25, -0.2) is 8.42 Å². The molecular weight excluding hydrogens is 549 g/mol. The van der Waals surface area contributed by atoms with Crippen molar-refractivity contribution >= 4 is 48.3 Å². The number of sulfonamides is 1. The summed E-state index contributed by atoms with van der Waals surface area (Å²) in [5, 5.41) is 0.710. The number of hydrogen-bond acceptors (Lipinski definition) is 7. The lowest BCUT2D eigenvalue weighted by atomic mass is 10.1. The number of aliphatic imine (C=N–C) groups is 1. The zero-order valence-corrected chi connectivity index (χ0v) is 24.4. The van der Waals surface area contributed by atoms with Gasteiger partial charge in [-0.2, -0.15) is 0 Å². The minimum absolute atomic E-state index is 0.106. The highest BCUT2D eigenvalue weighted by Gasteiger charge is 2.28. The minimum atomic E-state index is -4.13. The molecule has 2 aromatic rings. The van der Waals surface area contributed by atoms with Gasteiger partial charge in [-0.3, -0.25) is 24.3 Å². The van der Waals surface area contributed by atoms with Crippen LogP contribution in [0, 0.1) is 0 Å². The van der Waals surface area contributed by atoms with Gasteiger partial charge in [0.15, 0.2) is 0 Å². The number of ether oxygens (including phenoxy) is 1. The topological polar surface area (TPSA) is 121 Å². The van der Waals surface area contributed by atoms with Crippen LogP contribution in [0.25, 0.3) is 0 Å². The van der Waals surface area contributed by atoms with Gasteiger partial charge in [-0.05, 0) is 36.8 Å². The fraction of sp³-hybridized carbons (Fsp3) is 0.214. The number of piperazine rings is 1. The van der Waals surface area contributed by atoms with Crippen molar-refractivity contribution in [3.63, 3.8) is 0 Å². The van der Waals surface area contributed by atoms with Crippen LogP contribution in [0.1, 0.15) is 27.6 Å². The number of benzene rings is 1. The maximum Gasteiger partial charge on any atom is 0.264 e. The molecule has 2 heterocycles. The molecule has 1 N–H and O–H groups in total. The first-order valence-electron chi connectivity index (χ1n) is 12.2. The quantitative estimate of drug-likeness (QED) is 0.261. The van der Waals surface area contributed by atoms with Gasteiger partial charge in [0.25, 0.3) is 21.8 Å². The molecule has 1 atom stereocenters. The lowest BCUT2D eigenvalue weighted by molar-refractivity contribution is 0.0534. The highest BCUT2D eigenvalue weighted by Crippen LogP contribution is 2.28. The Bertz CT molecular complexity index is 1510. The van der Waals surface area contributed by atoms with Gasteiger partial charge in [0.05, 0.1) is 24.1 Å². The standard InChI is InChI=1S/C28H32N5O5PS/c1-6-19(4)26(30-8-3)25(7-2)40(36,37)31-20-9-10-21(23(17-20)38-5)27(34)32-13-15-33(16-14-32)28(35)22-11-12-29-18-24(22)39/h6-12,17-18,31H,1-2,4,13-16,39H2,3,5H3/b26-25-,30-8?. The van der Waals surface area contributed by atoms with Crippen molar-refractivity contribution in [3.8, 4) is 5.75 Å². The highest BCUT2D eigenvalue weighted by atomic mass is 32.2. The van der Waals surface area contributed by atoms with E-state index in [1.807, 2.05) is 0 Å². The number of nitrogens with one attached hydrogen (secondary N) is 1. The Hall–Kier alpha value is -4.08. The first-order chi connectivity index (χ1) is 19.1. The van der Waals surface area contributed by atoms with E-state index in [2.05, 4.69) is 43.7 Å². The summed E-state index contributed by atoms with van der Waals surface area (Å²) in [6.07, 6.45) is 7.20. The van der Waals surface area contributed by atoms with E-state index in [-0.39, 0.29) is 39.4 Å². The van der Waals surface area contributed by atoms with E-state index in [0.717, 1.165) is 0 Å². The second-order valence-electron chi connectivity index (χ2n) is 8.60. The number of rotatable bonds is 10. The van der Waals surface area contributed by atoms with Crippen LogP contribution >= 0.6 is 9.24 Å². The van der Waals surface area contributed by atoms with Crippen molar-refractivity contribution in [2.45, 2.75) is 6.92 Å². The van der Waals surface area contributed by atoms with Gasteiger partial charge in [-0.1, -0.05) is 25.8 Å². The Morgan fingerprint density at radius 1 is 1.07 bits per heavy atom. The van der Waals surface area contributed by atoms with E-state index >= 15 is 0 Å². The van der Waals surface area contributed by atoms with E-state index < -0.39 is 10.0 Å². The number of carbonyl (C=O) groups excluding carboxylic acids is 2. The molecule has 10 nitrogen and oxygen atoms in total. The molecule has 40 heavy (non-hydrogen) atoms. The number of nitrogens with zero attached hydrogens (tertiary/aromatic N) is 4. The average Bonchev–Trinajstić information content (AvgIpc) is 2.95. The molecule has 1 unspecified atom stereocenters. The summed E-state index contributed by atoms with van der Waals surface area (Å²) in [4.78, 5) is 37.5. The molecule has 1 aliphatic heterocycles. The smallest absolute Gasteiger partial charge is 0.264 e. The summed E-state index contributed by atoms with van der Waals surface area (Å²) in [6.45, 7) is 14.1. The second-order valence-corrected chi connectivity index (χ2v) is 10.9. The van der Waals surface area contributed by atoms with Crippen LogP contribution in [0.3, 0.4) is 0 Å². The van der Waals surface area contributed by atoms with Gasteiger partial charge >= 0.3 is 0 Å². The number of methoxy groups -OCH3 is 1. The Labute approximate surface area is 237 Å². The molecule has 0 bridgehead atoms. The normalized spacial score (nSPS) is 14.4. The van der Waals surface area contributed by atoms with E-state index in [1.54, 1.807) is 35.2 Å². The summed E-state index contributed by atoms with van der Waals surface area (Å²) in [7, 11) is -0.221. The van der Waals surface area contributed by atoms with E-state index in [9.17, 15) is 18.0 Å². The SMILES string of the molecule is C=CC(=C)/C(N=CC)=C(\C=C)S(=O)(=O)Nc1ccc(C(=O)N2CCN(C(=O)c3ccncc3P)CC2)c(OC)c1. The largest absolute Gasteiger partial charge is 0.496 e. The van der Waals surface area contributed by atoms with Crippen molar-refractivity contribution in [2.75, 3.05) is 38.0 Å². The molecule has 0 radical (unpaired) electrons. The Morgan fingerprint density at radius 3 is 2.23 bits per heavy atom. The molecule has 2 amide bonds. The predicted molar refractivity (Wildman–Crippen MR) is 162 cm³/mol. The van der Waals surface area contributed by atoms with Gasteiger partial charge in [0.2, 0.25) is 0 Å². The molecule has 0 spiro atoms. The number of amides is 2. The summed E-state index contributed by atoms with van der Waals surface area (Å²) in [5.41, 5.74) is 1.42. The van der Waals surface area contributed by atoms with Crippen LogP contribution in [-0.4, -0.2) is 74.5 Å². The molecule has 1 aromatic carbocycles. The first kappa shape index (κ1) is 30.5. The third-order valence-electron chi connectivity index (χ3n) is 6.14. The van der Waals surface area contributed by atoms with Crippen LogP contribution < -0.4 is 14.8 Å². The van der Waals surface area contributed by atoms with Crippen LogP contribution in [-0.2, 0) is 10.0 Å². The third-order valence-corrected chi connectivity index (χ3v) is 8.04. The Morgan fingerprint density at radius 2 is 1.70 bits per heavy atom. The molecule has 3 rings (SSSR count). The summed E-state index contributed by atoms with van der Waals surface area (Å²) < 4.78 is 34.3. The number of carbonyl (C=O) groups is 2. The predicted octanol–water partition coefficient (Wildman–Crippen LogP) is 3.16. The lowest BCUT2D eigenvalue weighted by Gasteiger charge is -2.35. The van der Waals surface area contributed by atoms with Gasteiger partial charge < -0.3 is 14.5 Å². The molecule has 12 heteroatoms. The lowest BCUT2D eigenvalue weighted by Crippen LogP contribution is -2.51. The first-order valence-corrected chi connectivity index (χ1v) is 14.3. The maximum absolute atomic E-state index is 13.3. The van der Waals surface area contributed by atoms with E-state index in [0.29, 0.717) is 42.6 Å². The number of pyridine rings is 1. The number of aromatic nitrogens is 1. The average molecular weight is 582 g/mol. The van der Waals surface area contributed by atoms with Crippen molar-refractivity contribution in [1.29, 1.82) is 0 Å². The Balaban J connectivity index is 1.78. The number of allylic oxidation sites excluding steroid dienone is 2. The van der Waals surface area contributed by atoms with Crippen molar-refractivity contribution < 1.29 is 22.7 Å². The maximum atomic E-state index is 13.3. The molecular formula is C28H32N5O5PS. The molecule has 1 aromatic heterocycles. The zero-order chi connectivity index (χ0) is 29.4. The van der Waals surface area contributed by atoms with Crippen molar-refractivity contribution in [1.82, 2.24) is 14.8 Å². The monoisotopic (exact) mass is 581 g/mol. The fourth-order valence-electron chi connectivity index (χ4n) is 4.06. The molecule has 1 aliphatic rings. The zero-order valence-electron chi connectivity index (χ0n) is 22.5. The van der Waals surface area contributed by atoms with Gasteiger partial charge in [0, 0.05) is 61.7 Å². The van der Waals surface area contributed by atoms with Crippen LogP contribution in [0.2, 0.25) is 0 Å². The van der Waals surface area contributed by atoms with Gasteiger partial charge in [0.1, 0.15) is 10.7 Å². The number of anilines is 1. The molecule has 1 saturated heterocycles. The van der Waals surface area contributed by atoms with E-state index in [1.165, 1.54) is 43.7 Å². The van der Waals surface area contributed by atoms with Crippen molar-refractivity contribution in [2.24, 2.45) is 4.99 Å². The molecule has 0 aliphatic carbocycles. The molecule has 1 fully saturated rings. The fourth-order valence-corrected chi connectivity index (χ4v) is 5.57. The van der Waals surface area contributed by atoms with Crippen molar-refractivity contribution in [3.05, 3.63) is 95.9 Å². The summed E-state index contributed by atoms with van der Waals surface area (Å²) in [5.74, 6) is -0.215. The minimum Gasteiger partial charge on any atom is -0.496 e. The van der Waals surface area contributed by atoms with Crippen LogP contribution in [0.4, 0.5) is 5.69 Å². The molecule has 0 saturated carbocycles. The summed E-state index contributed by atoms with van der Waals surface area (Å²) in [6, 6.07) is 6.08. The summed E-state index contributed by atoms with van der Waals surface area (Å²) >= 11 is 0. The highest BCUT2D eigenvalue weighted by molar-refractivity contribution is 7.96. The second kappa shape index (κ2) is 13.3. The molecule has 210 valence electrons. The Kier molecular flexibility index (Phi) is 10.1. The third kappa shape index (κ3) is 6.73.